The average molecular weight is 431 g/mol. The Labute approximate surface area is 174 Å². The zero-order valence-corrected chi connectivity index (χ0v) is 16.4. The molecule has 0 saturated carbocycles. The molecule has 7 nitrogen and oxygen atoms in total. The molecule has 0 radical (unpaired) electrons. The van der Waals surface area contributed by atoms with E-state index in [-0.39, 0.29) is 16.7 Å². The van der Waals surface area contributed by atoms with Gasteiger partial charge in [0.15, 0.2) is 5.17 Å². The van der Waals surface area contributed by atoms with Gasteiger partial charge in [-0.05, 0) is 59.3 Å². The van der Waals surface area contributed by atoms with Crippen LogP contribution in [0, 0.1) is 11.6 Å². The van der Waals surface area contributed by atoms with Crippen molar-refractivity contribution in [3.05, 3.63) is 76.2 Å². The first-order valence-corrected chi connectivity index (χ1v) is 9.32. The van der Waals surface area contributed by atoms with E-state index in [4.69, 9.17) is 4.74 Å². The minimum absolute atomic E-state index is 0.0219. The van der Waals surface area contributed by atoms with Crippen LogP contribution in [0.15, 0.2) is 63.6 Å². The van der Waals surface area contributed by atoms with Crippen molar-refractivity contribution in [1.29, 1.82) is 0 Å². The van der Waals surface area contributed by atoms with Gasteiger partial charge in [-0.3, -0.25) is 10.1 Å². The van der Waals surface area contributed by atoms with Gasteiger partial charge in [0, 0.05) is 12.1 Å². The Hall–Kier alpha value is -3.53. The van der Waals surface area contributed by atoms with E-state index >= 15 is 0 Å². The highest BCUT2D eigenvalue weighted by molar-refractivity contribution is 8.18. The predicted octanol–water partition coefficient (Wildman–Crippen LogP) is 3.15. The summed E-state index contributed by atoms with van der Waals surface area (Å²) >= 11 is 0.969. The number of amides is 1. The van der Waals surface area contributed by atoms with E-state index in [1.54, 1.807) is 24.3 Å². The molecule has 2 aromatic rings. The van der Waals surface area contributed by atoms with Crippen LogP contribution in [0.5, 0.6) is 5.75 Å². The highest BCUT2D eigenvalue weighted by Crippen LogP contribution is 2.23. The van der Waals surface area contributed by atoms with E-state index in [0.29, 0.717) is 16.9 Å². The van der Waals surface area contributed by atoms with E-state index in [0.717, 1.165) is 23.9 Å². The van der Waals surface area contributed by atoms with Gasteiger partial charge in [0.25, 0.3) is 5.91 Å². The van der Waals surface area contributed by atoms with Crippen LogP contribution in [0.1, 0.15) is 11.1 Å². The van der Waals surface area contributed by atoms with E-state index in [1.165, 1.54) is 25.5 Å². The predicted molar refractivity (Wildman–Crippen MR) is 108 cm³/mol. The second-order valence-corrected chi connectivity index (χ2v) is 6.90. The Kier molecular flexibility index (Phi) is 6.91. The number of ether oxygens (including phenoxy) is 2. The molecule has 1 N–H and O–H groups in total. The monoisotopic (exact) mass is 431 g/mol. The number of benzene rings is 2. The molecule has 1 saturated heterocycles. The lowest BCUT2D eigenvalue weighted by atomic mass is 10.2. The van der Waals surface area contributed by atoms with Crippen LogP contribution in [0.25, 0.3) is 0 Å². The maximum atomic E-state index is 13.2. The zero-order valence-electron chi connectivity index (χ0n) is 15.6. The second-order valence-electron chi connectivity index (χ2n) is 5.87. The summed E-state index contributed by atoms with van der Waals surface area (Å²) in [6.07, 6.45) is 2.54. The van der Waals surface area contributed by atoms with E-state index in [9.17, 15) is 18.4 Å². The maximum Gasteiger partial charge on any atom is 0.331 e. The number of carbonyl (C=O) groups is 2. The highest BCUT2D eigenvalue weighted by atomic mass is 32.2. The molecule has 1 amide bonds. The molecule has 1 heterocycles. The van der Waals surface area contributed by atoms with Gasteiger partial charge in [0.2, 0.25) is 0 Å². The number of amidine groups is 1. The average Bonchev–Trinajstić information content (AvgIpc) is 3.05. The number of hydrogen-bond donors (Lipinski definition) is 1. The van der Waals surface area contributed by atoms with Crippen LogP contribution < -0.4 is 10.1 Å². The van der Waals surface area contributed by atoms with E-state index in [1.807, 2.05) is 0 Å². The molecule has 1 aliphatic heterocycles. The summed E-state index contributed by atoms with van der Waals surface area (Å²) in [6, 6.07) is 9.99. The molecular weight excluding hydrogens is 416 g/mol. The molecule has 0 atom stereocenters. The van der Waals surface area contributed by atoms with Gasteiger partial charge in [0.05, 0.1) is 18.2 Å². The van der Waals surface area contributed by atoms with Crippen molar-refractivity contribution in [3.8, 4) is 5.75 Å². The van der Waals surface area contributed by atoms with Crippen LogP contribution in [0.2, 0.25) is 0 Å². The molecule has 1 fully saturated rings. The summed E-state index contributed by atoms with van der Waals surface area (Å²) < 4.78 is 36.3. The number of thioether (sulfide) groups is 1. The van der Waals surface area contributed by atoms with Crippen molar-refractivity contribution in [2.45, 2.75) is 6.61 Å². The molecule has 10 heteroatoms. The maximum absolute atomic E-state index is 13.2. The molecule has 0 bridgehead atoms. The summed E-state index contributed by atoms with van der Waals surface area (Å²) in [4.78, 5) is 23.1. The van der Waals surface area contributed by atoms with Crippen LogP contribution in [0.4, 0.5) is 8.78 Å². The Morgan fingerprint density at radius 2 is 1.87 bits per heavy atom. The van der Waals surface area contributed by atoms with E-state index in [2.05, 4.69) is 20.3 Å². The van der Waals surface area contributed by atoms with E-state index < -0.39 is 23.5 Å². The van der Waals surface area contributed by atoms with Gasteiger partial charge < -0.3 is 9.47 Å². The Bertz CT molecular complexity index is 1030. The largest absolute Gasteiger partial charge is 0.489 e. The lowest BCUT2D eigenvalue weighted by Gasteiger charge is -2.07. The SMILES string of the molecule is COC(=O)/C=C1/S/C(=N\N=Cc2ccc(OCc3cc(F)cc(F)c3)cc2)NC1=O. The standard InChI is InChI=1S/C20H15F2N3O4S/c1-28-18(26)9-17-19(27)24-20(30-17)25-23-10-12-2-4-16(5-3-12)29-11-13-6-14(21)8-15(22)7-13/h2-10H,11H2,1H3,(H,24,25,27)/b17-9+,23-10?. The summed E-state index contributed by atoms with van der Waals surface area (Å²) in [6.45, 7) is 0.0219. The molecule has 154 valence electrons. The van der Waals surface area contributed by atoms with Gasteiger partial charge in [-0.1, -0.05) is 0 Å². The summed E-state index contributed by atoms with van der Waals surface area (Å²) in [7, 11) is 1.22. The molecule has 1 aliphatic rings. The Morgan fingerprint density at radius 3 is 2.53 bits per heavy atom. The highest BCUT2D eigenvalue weighted by Gasteiger charge is 2.24. The molecule has 0 aromatic heterocycles. The normalized spacial score (nSPS) is 16.3. The number of halogens is 2. The molecule has 2 aromatic carbocycles. The lowest BCUT2D eigenvalue weighted by Crippen LogP contribution is -2.19. The first-order chi connectivity index (χ1) is 14.4. The Morgan fingerprint density at radius 1 is 1.17 bits per heavy atom. The van der Waals surface area contributed by atoms with Gasteiger partial charge in [-0.15, -0.1) is 5.10 Å². The summed E-state index contributed by atoms with van der Waals surface area (Å²) in [5, 5.41) is 10.5. The third-order valence-corrected chi connectivity index (χ3v) is 4.56. The fourth-order valence-corrected chi connectivity index (χ4v) is 3.04. The van der Waals surface area contributed by atoms with Gasteiger partial charge in [-0.25, -0.2) is 13.6 Å². The molecule has 0 spiro atoms. The number of nitrogens with zero attached hydrogens (tertiary/aromatic N) is 2. The molecule has 0 aliphatic carbocycles. The van der Waals surface area contributed by atoms with Crippen molar-refractivity contribution in [2.75, 3.05) is 7.11 Å². The van der Waals surface area contributed by atoms with Gasteiger partial charge in [0.1, 0.15) is 24.0 Å². The third kappa shape index (κ3) is 5.98. The first-order valence-electron chi connectivity index (χ1n) is 8.50. The minimum atomic E-state index is -0.661. The molecule has 0 unspecified atom stereocenters. The van der Waals surface area contributed by atoms with Crippen LogP contribution in [-0.2, 0) is 20.9 Å². The van der Waals surface area contributed by atoms with Crippen LogP contribution >= 0.6 is 11.8 Å². The smallest absolute Gasteiger partial charge is 0.331 e. The third-order valence-electron chi connectivity index (χ3n) is 3.66. The number of esters is 1. The molecular formula is C20H15F2N3O4S. The fraction of sp³-hybridized carbons (Fsp3) is 0.100. The number of rotatable bonds is 6. The lowest BCUT2D eigenvalue weighted by molar-refractivity contribution is -0.135. The number of methoxy groups -OCH3 is 1. The van der Waals surface area contributed by atoms with Crippen molar-refractivity contribution in [1.82, 2.24) is 5.32 Å². The second kappa shape index (κ2) is 9.79. The van der Waals surface area contributed by atoms with Crippen molar-refractivity contribution in [3.63, 3.8) is 0 Å². The first kappa shape index (κ1) is 21.2. The van der Waals surface area contributed by atoms with Crippen LogP contribution in [-0.4, -0.2) is 30.4 Å². The fourth-order valence-electron chi connectivity index (χ4n) is 2.30. The molecule has 30 heavy (non-hydrogen) atoms. The number of carbonyl (C=O) groups excluding carboxylic acids is 2. The van der Waals surface area contributed by atoms with Crippen molar-refractivity contribution < 1.29 is 27.8 Å². The summed E-state index contributed by atoms with van der Waals surface area (Å²) in [5.41, 5.74) is 1.09. The quantitative estimate of drug-likeness (QED) is 0.329. The Balaban J connectivity index is 1.56. The molecule has 3 rings (SSSR count). The van der Waals surface area contributed by atoms with Crippen LogP contribution in [0.3, 0.4) is 0 Å². The minimum Gasteiger partial charge on any atom is -0.489 e. The number of hydrogen-bond acceptors (Lipinski definition) is 7. The van der Waals surface area contributed by atoms with Crippen molar-refractivity contribution in [2.24, 2.45) is 10.2 Å². The van der Waals surface area contributed by atoms with Crippen molar-refractivity contribution >= 4 is 35.0 Å². The topological polar surface area (TPSA) is 89.3 Å². The number of nitrogens with one attached hydrogen (secondary N) is 1. The zero-order chi connectivity index (χ0) is 21.5. The van der Waals surface area contributed by atoms with Gasteiger partial charge >= 0.3 is 5.97 Å². The van der Waals surface area contributed by atoms with Gasteiger partial charge in [-0.2, -0.15) is 5.10 Å². The summed E-state index contributed by atoms with van der Waals surface area (Å²) in [5.74, 6) is -1.90.